The molecular formula is C8H5IN4O. The fourth-order valence-electron chi connectivity index (χ4n) is 1.38. The van der Waals surface area contributed by atoms with Crippen molar-refractivity contribution in [2.24, 2.45) is 0 Å². The highest BCUT2D eigenvalue weighted by Gasteiger charge is 2.20. The van der Waals surface area contributed by atoms with E-state index in [1.807, 2.05) is 10.6 Å². The molecule has 3 heterocycles. The van der Waals surface area contributed by atoms with E-state index >= 15 is 0 Å². The molecule has 0 spiro atoms. The molecular weight excluding hydrogens is 295 g/mol. The molecule has 0 bridgehead atoms. The molecule has 0 saturated heterocycles. The van der Waals surface area contributed by atoms with Gasteiger partial charge in [0.1, 0.15) is 5.75 Å². The Balaban J connectivity index is 2.14. The van der Waals surface area contributed by atoms with Gasteiger partial charge in [0, 0.05) is 40.5 Å². The van der Waals surface area contributed by atoms with E-state index in [2.05, 4.69) is 37.8 Å². The van der Waals surface area contributed by atoms with E-state index in [9.17, 15) is 0 Å². The smallest absolute Gasteiger partial charge is 0.323 e. The van der Waals surface area contributed by atoms with Crippen molar-refractivity contribution in [2.75, 3.05) is 0 Å². The van der Waals surface area contributed by atoms with Crippen LogP contribution in [-0.4, -0.2) is 19.7 Å². The fraction of sp³-hybridized carbons (Fsp3) is 0.125. The second-order valence-electron chi connectivity index (χ2n) is 2.92. The van der Waals surface area contributed by atoms with Crippen molar-refractivity contribution in [3.8, 4) is 11.8 Å². The maximum absolute atomic E-state index is 5.54. The standard InChI is InChI=1S/C8H5IN4O/c9-7-11-12-8-13(7)4-5-3-10-2-1-6(5)14-8/h1-3H,4H2. The first-order chi connectivity index (χ1) is 6.84. The Labute approximate surface area is 93.3 Å². The van der Waals surface area contributed by atoms with Crippen molar-refractivity contribution in [2.45, 2.75) is 6.54 Å². The highest BCUT2D eigenvalue weighted by molar-refractivity contribution is 14.1. The van der Waals surface area contributed by atoms with Crippen LogP contribution in [0.2, 0.25) is 0 Å². The third kappa shape index (κ3) is 1.10. The van der Waals surface area contributed by atoms with E-state index in [-0.39, 0.29) is 0 Å². The zero-order chi connectivity index (χ0) is 9.54. The molecule has 0 unspecified atom stereocenters. The minimum Gasteiger partial charge on any atom is -0.424 e. The fourth-order valence-corrected chi connectivity index (χ4v) is 1.87. The minimum absolute atomic E-state index is 0.549. The zero-order valence-electron chi connectivity index (χ0n) is 7.01. The largest absolute Gasteiger partial charge is 0.424 e. The molecule has 0 saturated carbocycles. The van der Waals surface area contributed by atoms with E-state index in [0.29, 0.717) is 6.01 Å². The molecule has 5 nitrogen and oxygen atoms in total. The highest BCUT2D eigenvalue weighted by Crippen LogP contribution is 2.30. The summed E-state index contributed by atoms with van der Waals surface area (Å²) in [4.78, 5) is 4.05. The van der Waals surface area contributed by atoms with Crippen LogP contribution in [0.25, 0.3) is 0 Å². The lowest BCUT2D eigenvalue weighted by Crippen LogP contribution is -2.11. The average molecular weight is 300 g/mol. The second kappa shape index (κ2) is 2.91. The van der Waals surface area contributed by atoms with Gasteiger partial charge in [0.2, 0.25) is 0 Å². The Kier molecular flexibility index (Phi) is 1.69. The highest BCUT2D eigenvalue weighted by atomic mass is 127. The second-order valence-corrected chi connectivity index (χ2v) is 3.89. The molecule has 14 heavy (non-hydrogen) atoms. The SMILES string of the molecule is Ic1nnc2n1Cc1cnccc1O2. The molecule has 0 aliphatic carbocycles. The number of nitrogens with zero attached hydrogens (tertiary/aromatic N) is 4. The van der Waals surface area contributed by atoms with Gasteiger partial charge < -0.3 is 4.74 Å². The van der Waals surface area contributed by atoms with Crippen LogP contribution in [0.15, 0.2) is 18.5 Å². The van der Waals surface area contributed by atoms with Crippen LogP contribution >= 0.6 is 22.6 Å². The van der Waals surface area contributed by atoms with Gasteiger partial charge in [0.05, 0.1) is 6.54 Å². The predicted molar refractivity (Wildman–Crippen MR) is 56.2 cm³/mol. The van der Waals surface area contributed by atoms with Gasteiger partial charge in [-0.05, 0) is 6.07 Å². The van der Waals surface area contributed by atoms with Crippen molar-refractivity contribution in [3.05, 3.63) is 27.9 Å². The molecule has 2 aromatic rings. The number of ether oxygens (including phenoxy) is 1. The van der Waals surface area contributed by atoms with Crippen LogP contribution in [0.4, 0.5) is 0 Å². The van der Waals surface area contributed by atoms with Crippen LogP contribution in [0.5, 0.6) is 11.8 Å². The monoisotopic (exact) mass is 300 g/mol. The maximum Gasteiger partial charge on any atom is 0.323 e. The molecule has 0 aromatic carbocycles. The van der Waals surface area contributed by atoms with Gasteiger partial charge in [-0.25, -0.2) is 0 Å². The normalized spacial score (nSPS) is 12.9. The summed E-state index contributed by atoms with van der Waals surface area (Å²) < 4.78 is 8.28. The molecule has 0 atom stereocenters. The molecule has 70 valence electrons. The lowest BCUT2D eigenvalue weighted by molar-refractivity contribution is 0.385. The Morgan fingerprint density at radius 1 is 1.43 bits per heavy atom. The van der Waals surface area contributed by atoms with Gasteiger partial charge in [0.25, 0.3) is 0 Å². The van der Waals surface area contributed by atoms with Crippen LogP contribution in [0.1, 0.15) is 5.56 Å². The van der Waals surface area contributed by atoms with Gasteiger partial charge in [0.15, 0.2) is 3.83 Å². The molecule has 0 amide bonds. The molecule has 1 aliphatic rings. The Morgan fingerprint density at radius 2 is 2.36 bits per heavy atom. The van der Waals surface area contributed by atoms with E-state index in [4.69, 9.17) is 4.74 Å². The lowest BCUT2D eigenvalue weighted by Gasteiger charge is -2.16. The topological polar surface area (TPSA) is 52.8 Å². The summed E-state index contributed by atoms with van der Waals surface area (Å²) in [6.45, 7) is 0.726. The quantitative estimate of drug-likeness (QED) is 0.589. The lowest BCUT2D eigenvalue weighted by atomic mass is 10.2. The summed E-state index contributed by atoms with van der Waals surface area (Å²) in [6.07, 6.45) is 3.50. The molecule has 3 rings (SSSR count). The molecule has 0 N–H and O–H groups in total. The minimum atomic E-state index is 0.549. The Morgan fingerprint density at radius 3 is 3.29 bits per heavy atom. The predicted octanol–water partition coefficient (Wildman–Crippen LogP) is 1.43. The molecule has 6 heteroatoms. The number of aromatic nitrogens is 4. The first-order valence-electron chi connectivity index (χ1n) is 4.04. The van der Waals surface area contributed by atoms with Gasteiger partial charge in [-0.3, -0.25) is 9.55 Å². The summed E-state index contributed by atoms with van der Waals surface area (Å²) in [5.41, 5.74) is 1.05. The number of pyridine rings is 1. The number of halogens is 1. The number of hydrogen-bond donors (Lipinski definition) is 0. The van der Waals surface area contributed by atoms with Crippen molar-refractivity contribution >= 4 is 22.6 Å². The molecule has 0 fully saturated rings. The zero-order valence-corrected chi connectivity index (χ0v) is 9.17. The van der Waals surface area contributed by atoms with Crippen LogP contribution in [0.3, 0.4) is 0 Å². The van der Waals surface area contributed by atoms with E-state index in [1.165, 1.54) is 0 Å². The first-order valence-corrected chi connectivity index (χ1v) is 5.12. The summed E-state index contributed by atoms with van der Waals surface area (Å²) in [5.74, 6) is 0.816. The van der Waals surface area contributed by atoms with Crippen LogP contribution in [-0.2, 0) is 6.54 Å². The molecule has 1 aliphatic heterocycles. The van der Waals surface area contributed by atoms with Crippen LogP contribution in [0, 0.1) is 3.83 Å². The summed E-state index contributed by atoms with van der Waals surface area (Å²) in [5, 5.41) is 7.85. The van der Waals surface area contributed by atoms with Gasteiger partial charge >= 0.3 is 6.01 Å². The Bertz CT molecular complexity index is 496. The van der Waals surface area contributed by atoms with Crippen molar-refractivity contribution < 1.29 is 4.74 Å². The Hall–Kier alpha value is -1.18. The van der Waals surface area contributed by atoms with E-state index < -0.39 is 0 Å². The van der Waals surface area contributed by atoms with Crippen molar-refractivity contribution in [3.63, 3.8) is 0 Å². The average Bonchev–Trinajstić information content (AvgIpc) is 2.57. The molecule has 0 radical (unpaired) electrons. The summed E-state index contributed by atoms with van der Waals surface area (Å²) in [6, 6.07) is 2.38. The van der Waals surface area contributed by atoms with Crippen molar-refractivity contribution in [1.82, 2.24) is 19.7 Å². The molecule has 2 aromatic heterocycles. The third-order valence-electron chi connectivity index (χ3n) is 2.06. The van der Waals surface area contributed by atoms with E-state index in [1.54, 1.807) is 12.4 Å². The van der Waals surface area contributed by atoms with Gasteiger partial charge in [-0.2, -0.15) is 0 Å². The van der Waals surface area contributed by atoms with Crippen molar-refractivity contribution in [1.29, 1.82) is 0 Å². The summed E-state index contributed by atoms with van der Waals surface area (Å²) >= 11 is 2.13. The first kappa shape index (κ1) is 8.16. The number of fused-ring (bicyclic) bond motifs is 2. The van der Waals surface area contributed by atoms with Gasteiger partial charge in [-0.1, -0.05) is 5.10 Å². The van der Waals surface area contributed by atoms with E-state index in [0.717, 1.165) is 21.7 Å². The summed E-state index contributed by atoms with van der Waals surface area (Å²) in [7, 11) is 0. The number of rotatable bonds is 0. The van der Waals surface area contributed by atoms with Gasteiger partial charge in [-0.15, -0.1) is 5.10 Å². The van der Waals surface area contributed by atoms with Crippen LogP contribution < -0.4 is 4.74 Å². The number of hydrogen-bond acceptors (Lipinski definition) is 4. The third-order valence-corrected chi connectivity index (χ3v) is 2.86. The maximum atomic E-state index is 5.54.